The molecule has 0 atom stereocenters. The zero-order chi connectivity index (χ0) is 15.8. The van der Waals surface area contributed by atoms with Gasteiger partial charge in [-0.05, 0) is 26.0 Å². The summed E-state index contributed by atoms with van der Waals surface area (Å²) in [6.07, 6.45) is 2.96. The molecule has 112 valence electrons. The number of H-pyrrole nitrogens is 1. The molecule has 0 saturated heterocycles. The Bertz CT molecular complexity index is 781. The Morgan fingerprint density at radius 3 is 2.52 bits per heavy atom. The predicted molar refractivity (Wildman–Crippen MR) is 77.1 cm³/mol. The smallest absolute Gasteiger partial charge is 0.352 e. The first kappa shape index (κ1) is 15.0. The normalized spacial score (nSPS) is 11.4. The van der Waals surface area contributed by atoms with Crippen LogP contribution >= 0.6 is 0 Å². The molecule has 2 N–H and O–H groups in total. The molecular formula is C13H15N3O4S. The van der Waals surface area contributed by atoms with E-state index in [0.29, 0.717) is 11.4 Å². The lowest BCUT2D eigenvalue weighted by Crippen LogP contribution is -2.27. The van der Waals surface area contributed by atoms with Gasteiger partial charge in [0.25, 0.3) is 10.0 Å². The van der Waals surface area contributed by atoms with Crippen molar-refractivity contribution in [3.05, 3.63) is 41.5 Å². The average molecular weight is 309 g/mol. The van der Waals surface area contributed by atoms with Crippen molar-refractivity contribution >= 4 is 21.7 Å². The van der Waals surface area contributed by atoms with Crippen molar-refractivity contribution in [1.82, 2.24) is 9.97 Å². The number of nitrogens with one attached hydrogen (secondary N) is 1. The van der Waals surface area contributed by atoms with E-state index >= 15 is 0 Å². The highest BCUT2D eigenvalue weighted by molar-refractivity contribution is 7.92. The van der Waals surface area contributed by atoms with Crippen molar-refractivity contribution in [3.63, 3.8) is 0 Å². The molecule has 2 aromatic rings. The van der Waals surface area contributed by atoms with Gasteiger partial charge >= 0.3 is 5.97 Å². The minimum Gasteiger partial charge on any atom is -0.477 e. The van der Waals surface area contributed by atoms with Crippen molar-refractivity contribution < 1.29 is 18.3 Å². The Balaban J connectivity index is 2.58. The fourth-order valence-electron chi connectivity index (χ4n) is 2.15. The number of carboxylic acids is 1. The van der Waals surface area contributed by atoms with E-state index in [9.17, 15) is 13.2 Å². The number of aromatic amines is 1. The molecule has 0 amide bonds. The molecule has 0 saturated carbocycles. The van der Waals surface area contributed by atoms with Crippen LogP contribution in [0.15, 0.2) is 29.4 Å². The summed E-state index contributed by atoms with van der Waals surface area (Å²) in [6, 6.07) is 3.24. The predicted octanol–water partition coefficient (Wildman–Crippen LogP) is 1.55. The molecule has 0 aliphatic carbocycles. The minimum absolute atomic E-state index is 0.0220. The second kappa shape index (κ2) is 5.21. The molecule has 2 aromatic heterocycles. The molecule has 0 aliphatic rings. The van der Waals surface area contributed by atoms with Crippen LogP contribution in [0.4, 0.5) is 5.69 Å². The van der Waals surface area contributed by atoms with E-state index in [2.05, 4.69) is 9.97 Å². The molecule has 0 aromatic carbocycles. The molecule has 0 fully saturated rings. The van der Waals surface area contributed by atoms with E-state index in [1.54, 1.807) is 18.3 Å². The molecule has 0 radical (unpaired) electrons. The summed E-state index contributed by atoms with van der Waals surface area (Å²) < 4.78 is 26.5. The third kappa shape index (κ3) is 2.49. The van der Waals surface area contributed by atoms with Crippen LogP contribution in [0.3, 0.4) is 0 Å². The van der Waals surface area contributed by atoms with E-state index < -0.39 is 16.0 Å². The zero-order valence-electron chi connectivity index (χ0n) is 11.8. The number of carbonyl (C=O) groups is 1. The Hall–Kier alpha value is -2.35. The summed E-state index contributed by atoms with van der Waals surface area (Å²) in [7, 11) is -2.47. The molecular weight excluding hydrogens is 294 g/mol. The zero-order valence-corrected chi connectivity index (χ0v) is 12.6. The number of anilines is 1. The van der Waals surface area contributed by atoms with Crippen molar-refractivity contribution in [2.45, 2.75) is 18.7 Å². The van der Waals surface area contributed by atoms with Gasteiger partial charge in [0.15, 0.2) is 0 Å². The molecule has 8 heteroatoms. The van der Waals surface area contributed by atoms with Crippen LogP contribution in [0.2, 0.25) is 0 Å². The van der Waals surface area contributed by atoms with E-state index in [4.69, 9.17) is 5.11 Å². The van der Waals surface area contributed by atoms with Gasteiger partial charge in [0.1, 0.15) is 10.6 Å². The van der Waals surface area contributed by atoms with Crippen LogP contribution in [0.1, 0.15) is 21.7 Å². The third-order valence-corrected chi connectivity index (χ3v) is 5.27. The average Bonchev–Trinajstić information content (AvgIpc) is 2.74. The fourth-order valence-corrected chi connectivity index (χ4v) is 3.74. The monoisotopic (exact) mass is 309 g/mol. The van der Waals surface area contributed by atoms with Crippen LogP contribution in [-0.2, 0) is 10.0 Å². The number of aromatic carboxylic acids is 1. The SMILES string of the molecule is Cc1[nH]c(C(=O)O)c(C)c1S(=O)(=O)N(C)c1cccnc1. The number of hydrogen-bond acceptors (Lipinski definition) is 4. The van der Waals surface area contributed by atoms with Crippen LogP contribution in [0, 0.1) is 13.8 Å². The molecule has 2 heterocycles. The summed E-state index contributed by atoms with van der Waals surface area (Å²) >= 11 is 0. The van der Waals surface area contributed by atoms with Gasteiger partial charge in [0.05, 0.1) is 11.9 Å². The molecule has 2 rings (SSSR count). The second-order valence-corrected chi connectivity index (χ2v) is 6.47. The minimum atomic E-state index is -3.87. The molecule has 21 heavy (non-hydrogen) atoms. The van der Waals surface area contributed by atoms with Gasteiger partial charge in [-0.3, -0.25) is 9.29 Å². The van der Waals surface area contributed by atoms with E-state index in [0.717, 1.165) is 4.31 Å². The molecule has 0 unspecified atom stereocenters. The number of rotatable bonds is 4. The van der Waals surface area contributed by atoms with Crippen LogP contribution in [0.25, 0.3) is 0 Å². The molecule has 0 bridgehead atoms. The van der Waals surface area contributed by atoms with Gasteiger partial charge < -0.3 is 10.1 Å². The van der Waals surface area contributed by atoms with Crippen molar-refractivity contribution in [2.75, 3.05) is 11.4 Å². The van der Waals surface area contributed by atoms with Crippen molar-refractivity contribution in [2.24, 2.45) is 0 Å². The quantitative estimate of drug-likeness (QED) is 0.892. The first-order valence-corrected chi connectivity index (χ1v) is 7.52. The highest BCUT2D eigenvalue weighted by Crippen LogP contribution is 2.28. The fraction of sp³-hybridized carbons (Fsp3) is 0.231. The maximum atomic E-state index is 12.7. The number of pyridine rings is 1. The molecule has 7 nitrogen and oxygen atoms in total. The lowest BCUT2D eigenvalue weighted by molar-refractivity contribution is 0.0690. The molecule has 0 spiro atoms. The summed E-state index contributed by atoms with van der Waals surface area (Å²) in [6.45, 7) is 3.00. The van der Waals surface area contributed by atoms with Gasteiger partial charge in [-0.2, -0.15) is 0 Å². The lowest BCUT2D eigenvalue weighted by Gasteiger charge is -2.19. The Morgan fingerprint density at radius 1 is 1.38 bits per heavy atom. The number of aromatic nitrogens is 2. The highest BCUT2D eigenvalue weighted by atomic mass is 32.2. The van der Waals surface area contributed by atoms with Gasteiger partial charge in [-0.25, -0.2) is 13.2 Å². The number of carboxylic acid groups (broad SMARTS) is 1. The number of aryl methyl sites for hydroxylation is 1. The van der Waals surface area contributed by atoms with Gasteiger partial charge in [0, 0.05) is 24.5 Å². The van der Waals surface area contributed by atoms with Crippen LogP contribution in [0.5, 0.6) is 0 Å². The number of nitrogens with zero attached hydrogens (tertiary/aromatic N) is 2. The summed E-state index contributed by atoms with van der Waals surface area (Å²) in [5.74, 6) is -1.19. The Labute approximate surface area is 122 Å². The first-order valence-electron chi connectivity index (χ1n) is 6.08. The van der Waals surface area contributed by atoms with Gasteiger partial charge in [-0.15, -0.1) is 0 Å². The van der Waals surface area contributed by atoms with Crippen molar-refractivity contribution in [1.29, 1.82) is 0 Å². The van der Waals surface area contributed by atoms with E-state index in [1.807, 2.05) is 0 Å². The lowest BCUT2D eigenvalue weighted by atomic mass is 10.2. The number of sulfonamides is 1. The molecule has 0 aliphatic heterocycles. The Kier molecular flexibility index (Phi) is 3.73. The van der Waals surface area contributed by atoms with Gasteiger partial charge in [0.2, 0.25) is 0 Å². The maximum absolute atomic E-state index is 12.7. The maximum Gasteiger partial charge on any atom is 0.352 e. The second-order valence-electron chi connectivity index (χ2n) is 4.57. The van der Waals surface area contributed by atoms with Crippen LogP contribution in [-0.4, -0.2) is 36.5 Å². The topological polar surface area (TPSA) is 103 Å². The summed E-state index contributed by atoms with van der Waals surface area (Å²) in [4.78, 5) is 17.6. The van der Waals surface area contributed by atoms with Gasteiger partial charge in [-0.1, -0.05) is 0 Å². The standard InChI is InChI=1S/C13H15N3O4S/c1-8-11(13(17)18)15-9(2)12(8)21(19,20)16(3)10-5-4-6-14-7-10/h4-7,15H,1-3H3,(H,17,18). The summed E-state index contributed by atoms with van der Waals surface area (Å²) in [5.41, 5.74) is 0.761. The van der Waals surface area contributed by atoms with E-state index in [-0.39, 0.29) is 16.2 Å². The third-order valence-electron chi connectivity index (χ3n) is 3.21. The first-order chi connectivity index (χ1) is 9.76. The van der Waals surface area contributed by atoms with E-state index in [1.165, 1.54) is 27.1 Å². The van der Waals surface area contributed by atoms with Crippen LogP contribution < -0.4 is 4.31 Å². The Morgan fingerprint density at radius 2 is 2.05 bits per heavy atom. The number of hydrogen-bond donors (Lipinski definition) is 2. The highest BCUT2D eigenvalue weighted by Gasteiger charge is 2.30. The summed E-state index contributed by atoms with van der Waals surface area (Å²) in [5, 5.41) is 9.08. The van der Waals surface area contributed by atoms with Crippen molar-refractivity contribution in [3.8, 4) is 0 Å². The largest absolute Gasteiger partial charge is 0.477 e.